The number of aromatic nitrogens is 1. The average molecular weight is 315 g/mol. The fourth-order valence-electron chi connectivity index (χ4n) is 3.10. The number of ether oxygens (including phenoxy) is 1. The maximum absolute atomic E-state index is 11.6. The van der Waals surface area contributed by atoms with E-state index in [0.29, 0.717) is 0 Å². The van der Waals surface area contributed by atoms with Crippen LogP contribution < -0.4 is 0 Å². The highest BCUT2D eigenvalue weighted by atomic mass is 16.5. The van der Waals surface area contributed by atoms with Crippen molar-refractivity contribution >= 4 is 27.6 Å². The third-order valence-electron chi connectivity index (χ3n) is 4.41. The molecule has 1 N–H and O–H groups in total. The lowest BCUT2D eigenvalue weighted by molar-refractivity contribution is -0.139. The van der Waals surface area contributed by atoms with E-state index in [-0.39, 0.29) is 12.4 Å². The number of nitrogens with one attached hydrogen (secondary N) is 1. The Morgan fingerprint density at radius 1 is 0.958 bits per heavy atom. The molecule has 3 nitrogen and oxygen atoms in total. The minimum Gasteiger partial charge on any atom is -0.469 e. The average Bonchev–Trinajstić information content (AvgIpc) is 3.03. The summed E-state index contributed by atoms with van der Waals surface area (Å²) in [5.41, 5.74) is 4.29. The third-order valence-corrected chi connectivity index (χ3v) is 4.41. The molecule has 1 heterocycles. The summed E-state index contributed by atoms with van der Waals surface area (Å²) >= 11 is 0. The molecule has 0 saturated carbocycles. The van der Waals surface area contributed by atoms with Gasteiger partial charge in [0.05, 0.1) is 13.5 Å². The summed E-state index contributed by atoms with van der Waals surface area (Å²) in [6, 6.07) is 21.1. The van der Waals surface area contributed by atoms with Crippen molar-refractivity contribution in [3.63, 3.8) is 0 Å². The predicted molar refractivity (Wildman–Crippen MR) is 97.0 cm³/mol. The Bertz CT molecular complexity index is 1050. The number of H-pyrrole nitrogens is 1. The molecule has 1 aromatic heterocycles. The highest BCUT2D eigenvalue weighted by Gasteiger charge is 2.10. The van der Waals surface area contributed by atoms with Crippen LogP contribution in [0.2, 0.25) is 0 Å². The van der Waals surface area contributed by atoms with E-state index in [4.69, 9.17) is 4.74 Å². The van der Waals surface area contributed by atoms with Crippen molar-refractivity contribution in [3.05, 3.63) is 72.4 Å². The van der Waals surface area contributed by atoms with Gasteiger partial charge in [-0.1, -0.05) is 42.5 Å². The van der Waals surface area contributed by atoms with Crippen LogP contribution in [-0.2, 0) is 16.0 Å². The first-order valence-electron chi connectivity index (χ1n) is 7.90. The molecule has 118 valence electrons. The van der Waals surface area contributed by atoms with Crippen molar-refractivity contribution in [3.8, 4) is 11.1 Å². The second kappa shape index (κ2) is 5.85. The number of hydrogen-bond acceptors (Lipinski definition) is 2. The van der Waals surface area contributed by atoms with Crippen molar-refractivity contribution in [1.82, 2.24) is 4.98 Å². The van der Waals surface area contributed by atoms with Gasteiger partial charge in [0.25, 0.3) is 0 Å². The predicted octanol–water partition coefficient (Wildman–Crippen LogP) is 4.70. The van der Waals surface area contributed by atoms with Crippen molar-refractivity contribution in [2.24, 2.45) is 0 Å². The smallest absolute Gasteiger partial charge is 0.310 e. The van der Waals surface area contributed by atoms with E-state index in [9.17, 15) is 4.79 Å². The molecule has 0 aliphatic carbocycles. The van der Waals surface area contributed by atoms with E-state index in [2.05, 4.69) is 59.6 Å². The highest BCUT2D eigenvalue weighted by Crippen LogP contribution is 2.29. The van der Waals surface area contributed by atoms with Crippen LogP contribution in [0.1, 0.15) is 5.56 Å². The molecule has 0 aliphatic rings. The Morgan fingerprint density at radius 2 is 1.71 bits per heavy atom. The van der Waals surface area contributed by atoms with E-state index in [1.54, 1.807) is 0 Å². The van der Waals surface area contributed by atoms with E-state index >= 15 is 0 Å². The van der Waals surface area contributed by atoms with Crippen molar-refractivity contribution in [1.29, 1.82) is 0 Å². The van der Waals surface area contributed by atoms with Crippen LogP contribution in [0.3, 0.4) is 0 Å². The van der Waals surface area contributed by atoms with Crippen LogP contribution in [0.4, 0.5) is 0 Å². The lowest BCUT2D eigenvalue weighted by Gasteiger charge is -2.06. The van der Waals surface area contributed by atoms with Gasteiger partial charge in [0.15, 0.2) is 0 Å². The number of rotatable bonds is 3. The second-order valence-corrected chi connectivity index (χ2v) is 5.89. The first-order chi connectivity index (χ1) is 11.7. The monoisotopic (exact) mass is 315 g/mol. The van der Waals surface area contributed by atoms with E-state index in [1.165, 1.54) is 23.4 Å². The minimum absolute atomic E-state index is 0.230. The van der Waals surface area contributed by atoms with Gasteiger partial charge in [-0.3, -0.25) is 4.79 Å². The molecule has 0 bridgehead atoms. The first kappa shape index (κ1) is 14.5. The number of methoxy groups -OCH3 is 1. The number of esters is 1. The molecule has 4 aromatic rings. The van der Waals surface area contributed by atoms with Crippen LogP contribution >= 0.6 is 0 Å². The van der Waals surface area contributed by atoms with Crippen molar-refractivity contribution in [2.75, 3.05) is 7.11 Å². The molecule has 0 radical (unpaired) electrons. The van der Waals surface area contributed by atoms with Crippen LogP contribution in [-0.4, -0.2) is 18.1 Å². The zero-order chi connectivity index (χ0) is 16.5. The summed E-state index contributed by atoms with van der Waals surface area (Å²) in [6.07, 6.45) is 2.16. The SMILES string of the molecule is COC(=O)Cc1c[nH]c2ccc(-c3ccc4ccccc4c3)cc12. The van der Waals surface area contributed by atoms with E-state index in [1.807, 2.05) is 12.3 Å². The van der Waals surface area contributed by atoms with Gasteiger partial charge in [-0.2, -0.15) is 0 Å². The molecule has 4 rings (SSSR count). The Labute approximate surface area is 139 Å². The van der Waals surface area contributed by atoms with Crippen molar-refractivity contribution in [2.45, 2.75) is 6.42 Å². The number of hydrogen-bond donors (Lipinski definition) is 1. The van der Waals surface area contributed by atoms with E-state index < -0.39 is 0 Å². The number of benzene rings is 3. The molecule has 0 aliphatic heterocycles. The zero-order valence-electron chi connectivity index (χ0n) is 13.4. The first-order valence-corrected chi connectivity index (χ1v) is 7.90. The summed E-state index contributed by atoms with van der Waals surface area (Å²) in [7, 11) is 1.41. The van der Waals surface area contributed by atoms with Gasteiger partial charge in [0.1, 0.15) is 0 Å². The molecule has 3 aromatic carbocycles. The lowest BCUT2D eigenvalue weighted by Crippen LogP contribution is -2.03. The summed E-state index contributed by atoms with van der Waals surface area (Å²) < 4.78 is 4.78. The molecule has 0 amide bonds. The standard InChI is InChI=1S/C21H17NO2/c1-24-21(23)12-18-13-22-20-9-8-17(11-19(18)20)16-7-6-14-4-2-3-5-15(14)10-16/h2-11,13,22H,12H2,1H3. The molecular formula is C21H17NO2. The fourth-order valence-corrected chi connectivity index (χ4v) is 3.10. The fraction of sp³-hybridized carbons (Fsp3) is 0.0952. The van der Waals surface area contributed by atoms with Gasteiger partial charge < -0.3 is 9.72 Å². The maximum atomic E-state index is 11.6. The molecule has 24 heavy (non-hydrogen) atoms. The quantitative estimate of drug-likeness (QED) is 0.557. The summed E-state index contributed by atoms with van der Waals surface area (Å²) in [4.78, 5) is 14.8. The Hall–Kier alpha value is -3.07. The molecule has 0 spiro atoms. The zero-order valence-corrected chi connectivity index (χ0v) is 13.4. The molecule has 0 unspecified atom stereocenters. The van der Waals surface area contributed by atoms with Gasteiger partial charge >= 0.3 is 5.97 Å². The topological polar surface area (TPSA) is 42.1 Å². The molecule has 3 heteroatoms. The Kier molecular flexibility index (Phi) is 3.54. The number of carbonyl (C=O) groups is 1. The van der Waals surface area contributed by atoms with Crippen LogP contribution in [0.15, 0.2) is 66.9 Å². The molecule has 0 saturated heterocycles. The van der Waals surface area contributed by atoms with Crippen LogP contribution in [0.5, 0.6) is 0 Å². The Balaban J connectivity index is 1.80. The minimum atomic E-state index is -0.230. The van der Waals surface area contributed by atoms with Gasteiger partial charge in [0, 0.05) is 17.1 Å². The number of carbonyl (C=O) groups excluding carboxylic acids is 1. The molecule has 0 atom stereocenters. The van der Waals surface area contributed by atoms with Crippen LogP contribution in [0.25, 0.3) is 32.8 Å². The van der Waals surface area contributed by atoms with Gasteiger partial charge in [-0.15, -0.1) is 0 Å². The van der Waals surface area contributed by atoms with Crippen molar-refractivity contribution < 1.29 is 9.53 Å². The van der Waals surface area contributed by atoms with E-state index in [0.717, 1.165) is 22.0 Å². The van der Waals surface area contributed by atoms with Gasteiger partial charge in [0.2, 0.25) is 0 Å². The molecular weight excluding hydrogens is 298 g/mol. The largest absolute Gasteiger partial charge is 0.469 e. The summed E-state index contributed by atoms with van der Waals surface area (Å²) in [6.45, 7) is 0. The number of fused-ring (bicyclic) bond motifs is 2. The lowest BCUT2D eigenvalue weighted by atomic mass is 9.99. The third kappa shape index (κ3) is 2.54. The number of aromatic amines is 1. The highest BCUT2D eigenvalue weighted by molar-refractivity contribution is 5.93. The van der Waals surface area contributed by atoms with Crippen LogP contribution in [0, 0.1) is 0 Å². The van der Waals surface area contributed by atoms with Gasteiger partial charge in [-0.25, -0.2) is 0 Å². The maximum Gasteiger partial charge on any atom is 0.310 e. The normalized spacial score (nSPS) is 11.0. The molecule has 0 fully saturated rings. The summed E-state index contributed by atoms with van der Waals surface area (Å²) in [5, 5.41) is 3.51. The summed E-state index contributed by atoms with van der Waals surface area (Å²) in [5.74, 6) is -0.230. The second-order valence-electron chi connectivity index (χ2n) is 5.89. The Morgan fingerprint density at radius 3 is 2.54 bits per heavy atom. The van der Waals surface area contributed by atoms with Gasteiger partial charge in [-0.05, 0) is 45.7 Å².